The first-order valence-electron chi connectivity index (χ1n) is 7.12. The molecule has 1 fully saturated rings. The van der Waals surface area contributed by atoms with Crippen molar-refractivity contribution in [1.29, 1.82) is 0 Å². The Hall–Kier alpha value is -0.450. The molecule has 0 bridgehead atoms. The molecule has 2 heterocycles. The van der Waals surface area contributed by atoms with Gasteiger partial charge in [-0.25, -0.2) is 4.98 Å². The van der Waals surface area contributed by atoms with E-state index < -0.39 is 0 Å². The summed E-state index contributed by atoms with van der Waals surface area (Å²) in [6.45, 7) is 5.68. The lowest BCUT2D eigenvalue weighted by Crippen LogP contribution is -2.35. The van der Waals surface area contributed by atoms with Crippen molar-refractivity contribution in [3.63, 3.8) is 0 Å². The molecule has 1 aliphatic rings. The molecule has 2 rings (SSSR count). The molecule has 1 aromatic heterocycles. The predicted molar refractivity (Wildman–Crippen MR) is 78.0 cm³/mol. The van der Waals surface area contributed by atoms with Gasteiger partial charge in [0, 0.05) is 5.38 Å². The van der Waals surface area contributed by atoms with Gasteiger partial charge in [0.1, 0.15) is 0 Å². The SMILES string of the molecule is CCCNCC1CCCCN(C)C1c1cscn1. The first-order valence-corrected chi connectivity index (χ1v) is 8.06. The summed E-state index contributed by atoms with van der Waals surface area (Å²) in [6.07, 6.45) is 5.21. The minimum atomic E-state index is 0.503. The van der Waals surface area contributed by atoms with Gasteiger partial charge in [-0.15, -0.1) is 11.3 Å². The summed E-state index contributed by atoms with van der Waals surface area (Å²) in [7, 11) is 2.25. The Bertz CT molecular complexity index is 326. The lowest BCUT2D eigenvalue weighted by molar-refractivity contribution is 0.185. The molecule has 102 valence electrons. The van der Waals surface area contributed by atoms with Crippen molar-refractivity contribution in [3.8, 4) is 0 Å². The second-order valence-corrected chi connectivity index (χ2v) is 6.02. The molecule has 0 aliphatic carbocycles. The Balaban J connectivity index is 2.06. The summed E-state index contributed by atoms with van der Waals surface area (Å²) in [5, 5.41) is 5.82. The minimum Gasteiger partial charge on any atom is -0.316 e. The van der Waals surface area contributed by atoms with Gasteiger partial charge in [-0.3, -0.25) is 4.90 Å². The molecule has 2 atom stereocenters. The molecule has 0 spiro atoms. The average molecular weight is 267 g/mol. The van der Waals surface area contributed by atoms with E-state index in [9.17, 15) is 0 Å². The van der Waals surface area contributed by atoms with Crippen molar-refractivity contribution < 1.29 is 0 Å². The largest absolute Gasteiger partial charge is 0.316 e. The molecule has 0 radical (unpaired) electrons. The highest BCUT2D eigenvalue weighted by molar-refractivity contribution is 7.07. The predicted octanol–water partition coefficient (Wildman–Crippen LogP) is 2.92. The van der Waals surface area contributed by atoms with Gasteiger partial charge in [0.2, 0.25) is 0 Å². The zero-order chi connectivity index (χ0) is 12.8. The zero-order valence-electron chi connectivity index (χ0n) is 11.6. The number of likely N-dealkylation sites (tertiary alicyclic amines) is 1. The van der Waals surface area contributed by atoms with Crippen molar-refractivity contribution in [2.75, 3.05) is 26.7 Å². The Morgan fingerprint density at radius 2 is 2.39 bits per heavy atom. The number of hydrogen-bond donors (Lipinski definition) is 1. The molecule has 0 amide bonds. The molecule has 1 saturated heterocycles. The number of hydrogen-bond acceptors (Lipinski definition) is 4. The molecule has 4 heteroatoms. The Morgan fingerprint density at radius 3 is 3.11 bits per heavy atom. The van der Waals surface area contributed by atoms with Crippen LogP contribution in [0.1, 0.15) is 44.3 Å². The van der Waals surface area contributed by atoms with Crippen LogP contribution in [0.3, 0.4) is 0 Å². The second kappa shape index (κ2) is 7.22. The number of nitrogens with one attached hydrogen (secondary N) is 1. The quantitative estimate of drug-likeness (QED) is 0.832. The molecule has 1 aliphatic heterocycles. The van der Waals surface area contributed by atoms with Gasteiger partial charge in [0.25, 0.3) is 0 Å². The van der Waals surface area contributed by atoms with Crippen LogP contribution >= 0.6 is 11.3 Å². The van der Waals surface area contributed by atoms with E-state index in [-0.39, 0.29) is 0 Å². The number of nitrogens with zero attached hydrogens (tertiary/aromatic N) is 2. The first kappa shape index (κ1) is 14.0. The van der Waals surface area contributed by atoms with Gasteiger partial charge < -0.3 is 5.32 Å². The van der Waals surface area contributed by atoms with Crippen LogP contribution in [0.15, 0.2) is 10.9 Å². The molecule has 1 aromatic rings. The van der Waals surface area contributed by atoms with E-state index >= 15 is 0 Å². The van der Waals surface area contributed by atoms with E-state index in [0.29, 0.717) is 12.0 Å². The van der Waals surface area contributed by atoms with Gasteiger partial charge in [-0.2, -0.15) is 0 Å². The van der Waals surface area contributed by atoms with Gasteiger partial charge in [-0.05, 0) is 51.9 Å². The van der Waals surface area contributed by atoms with E-state index in [1.807, 2.05) is 5.51 Å². The monoisotopic (exact) mass is 267 g/mol. The van der Waals surface area contributed by atoms with Gasteiger partial charge in [0.15, 0.2) is 0 Å². The third-order valence-electron chi connectivity index (χ3n) is 3.84. The van der Waals surface area contributed by atoms with Crippen molar-refractivity contribution in [1.82, 2.24) is 15.2 Å². The van der Waals surface area contributed by atoms with Gasteiger partial charge >= 0.3 is 0 Å². The standard InChI is InChI=1S/C14H25N3S/c1-3-7-15-9-12-6-4-5-8-17(2)14(12)13-10-18-11-16-13/h10-12,14-15H,3-9H2,1-2H3. The average Bonchev–Trinajstić information content (AvgIpc) is 2.82. The van der Waals surface area contributed by atoms with E-state index in [4.69, 9.17) is 0 Å². The molecular formula is C14H25N3S. The van der Waals surface area contributed by atoms with Crippen LogP contribution < -0.4 is 5.32 Å². The van der Waals surface area contributed by atoms with E-state index in [2.05, 4.69) is 34.6 Å². The maximum absolute atomic E-state index is 4.56. The van der Waals surface area contributed by atoms with E-state index in [1.54, 1.807) is 11.3 Å². The number of aromatic nitrogens is 1. The highest BCUT2D eigenvalue weighted by atomic mass is 32.1. The molecular weight excluding hydrogens is 242 g/mol. The van der Waals surface area contributed by atoms with Crippen LogP contribution in [0.25, 0.3) is 0 Å². The Morgan fingerprint density at radius 1 is 1.50 bits per heavy atom. The second-order valence-electron chi connectivity index (χ2n) is 5.30. The van der Waals surface area contributed by atoms with Crippen molar-refractivity contribution in [3.05, 3.63) is 16.6 Å². The molecule has 1 N–H and O–H groups in total. The van der Waals surface area contributed by atoms with Gasteiger partial charge in [-0.1, -0.05) is 13.3 Å². The van der Waals surface area contributed by atoms with E-state index in [0.717, 1.165) is 13.1 Å². The summed E-state index contributed by atoms with van der Waals surface area (Å²) in [4.78, 5) is 7.06. The fraction of sp³-hybridized carbons (Fsp3) is 0.786. The summed E-state index contributed by atoms with van der Waals surface area (Å²) in [6, 6.07) is 0.503. The highest BCUT2D eigenvalue weighted by Crippen LogP contribution is 2.33. The van der Waals surface area contributed by atoms with Crippen molar-refractivity contribution in [2.45, 2.75) is 38.6 Å². The molecule has 18 heavy (non-hydrogen) atoms. The summed E-state index contributed by atoms with van der Waals surface area (Å²) in [5.74, 6) is 0.700. The lowest BCUT2D eigenvalue weighted by atomic mass is 9.92. The molecule has 0 aromatic carbocycles. The maximum Gasteiger partial charge on any atom is 0.0795 e. The lowest BCUT2D eigenvalue weighted by Gasteiger charge is -2.31. The fourth-order valence-corrected chi connectivity index (χ4v) is 3.52. The third-order valence-corrected chi connectivity index (χ3v) is 4.45. The van der Waals surface area contributed by atoms with Crippen LogP contribution in [0, 0.1) is 5.92 Å². The topological polar surface area (TPSA) is 28.2 Å². The Labute approximate surface area is 115 Å². The fourth-order valence-electron chi connectivity index (χ4n) is 2.94. The smallest absolute Gasteiger partial charge is 0.0795 e. The van der Waals surface area contributed by atoms with Crippen LogP contribution in [0.4, 0.5) is 0 Å². The van der Waals surface area contributed by atoms with Crippen LogP contribution in [0.5, 0.6) is 0 Å². The first-order chi connectivity index (χ1) is 8.83. The zero-order valence-corrected chi connectivity index (χ0v) is 12.4. The normalized spacial score (nSPS) is 26.1. The molecule has 3 nitrogen and oxygen atoms in total. The minimum absolute atomic E-state index is 0.503. The number of rotatable bonds is 5. The van der Waals surface area contributed by atoms with Crippen LogP contribution in [0.2, 0.25) is 0 Å². The summed E-state index contributed by atoms with van der Waals surface area (Å²) >= 11 is 1.71. The summed E-state index contributed by atoms with van der Waals surface area (Å²) < 4.78 is 0. The van der Waals surface area contributed by atoms with E-state index in [1.165, 1.54) is 37.9 Å². The maximum atomic E-state index is 4.56. The van der Waals surface area contributed by atoms with Crippen molar-refractivity contribution in [2.24, 2.45) is 5.92 Å². The van der Waals surface area contributed by atoms with Crippen LogP contribution in [-0.4, -0.2) is 36.6 Å². The highest BCUT2D eigenvalue weighted by Gasteiger charge is 2.29. The van der Waals surface area contributed by atoms with Gasteiger partial charge in [0.05, 0.1) is 17.2 Å². The van der Waals surface area contributed by atoms with Crippen LogP contribution in [-0.2, 0) is 0 Å². The Kier molecular flexibility index (Phi) is 5.60. The molecule has 2 unspecified atom stereocenters. The summed E-state index contributed by atoms with van der Waals surface area (Å²) in [5.41, 5.74) is 3.23. The number of thiazole rings is 1. The molecule has 0 saturated carbocycles. The van der Waals surface area contributed by atoms with Crippen molar-refractivity contribution >= 4 is 11.3 Å². The third kappa shape index (κ3) is 3.53.